The third-order valence-corrected chi connectivity index (χ3v) is 9.91. The van der Waals surface area contributed by atoms with Gasteiger partial charge in [-0.1, -0.05) is 82.7 Å². The standard InChI is InChI=1S/C32H41ClN2/c1-3-5-7-13-30-17-20-31(21-18-30,22-19-30)29-10-9-26(27(23-34)28(29)24-35)25-11-15-32(33,16-12-25)14-8-6-4-2/h9-12,15H,3-8,13-14,16-22H2,1-2H3. The van der Waals surface area contributed by atoms with E-state index in [1.54, 1.807) is 0 Å². The first-order chi connectivity index (χ1) is 16.9. The summed E-state index contributed by atoms with van der Waals surface area (Å²) >= 11 is 6.87. The van der Waals surface area contributed by atoms with E-state index in [0.717, 1.165) is 55.2 Å². The molecule has 3 saturated carbocycles. The maximum absolute atomic E-state index is 10.2. The molecule has 3 heteroatoms. The maximum atomic E-state index is 10.2. The van der Waals surface area contributed by atoms with Crippen LogP contribution in [0.25, 0.3) is 5.57 Å². The minimum atomic E-state index is -0.323. The zero-order valence-corrected chi connectivity index (χ0v) is 22.5. The van der Waals surface area contributed by atoms with E-state index in [1.165, 1.54) is 57.8 Å². The van der Waals surface area contributed by atoms with Crippen LogP contribution in [0.1, 0.15) is 132 Å². The fourth-order valence-corrected chi connectivity index (χ4v) is 7.29. The molecule has 3 fully saturated rings. The summed E-state index contributed by atoms with van der Waals surface area (Å²) in [6, 6.07) is 9.18. The first-order valence-corrected chi connectivity index (χ1v) is 14.4. The first kappa shape index (κ1) is 26.0. The molecule has 0 N–H and O–H groups in total. The van der Waals surface area contributed by atoms with Gasteiger partial charge in [0.15, 0.2) is 0 Å². The van der Waals surface area contributed by atoms with Crippen molar-refractivity contribution in [2.24, 2.45) is 5.41 Å². The average Bonchev–Trinajstić information content (AvgIpc) is 2.89. The van der Waals surface area contributed by atoms with Crippen molar-refractivity contribution in [1.82, 2.24) is 0 Å². The summed E-state index contributed by atoms with van der Waals surface area (Å²) in [6.45, 7) is 4.49. The van der Waals surface area contributed by atoms with Crippen LogP contribution in [0.4, 0.5) is 0 Å². The number of nitriles is 2. The average molecular weight is 489 g/mol. The van der Waals surface area contributed by atoms with Gasteiger partial charge in [0.2, 0.25) is 0 Å². The Morgan fingerprint density at radius 2 is 1.46 bits per heavy atom. The maximum Gasteiger partial charge on any atom is 0.101 e. The third kappa shape index (κ3) is 5.25. The van der Waals surface area contributed by atoms with E-state index in [-0.39, 0.29) is 10.3 Å². The molecule has 35 heavy (non-hydrogen) atoms. The van der Waals surface area contributed by atoms with Gasteiger partial charge in [-0.05, 0) is 79.8 Å². The minimum Gasteiger partial charge on any atom is -0.192 e. The van der Waals surface area contributed by atoms with Crippen LogP contribution >= 0.6 is 11.6 Å². The van der Waals surface area contributed by atoms with E-state index >= 15 is 0 Å². The van der Waals surface area contributed by atoms with Crippen molar-refractivity contribution in [2.75, 3.05) is 0 Å². The zero-order chi connectivity index (χ0) is 24.9. The number of allylic oxidation sites excluding steroid dienone is 4. The van der Waals surface area contributed by atoms with Gasteiger partial charge in [0.25, 0.3) is 0 Å². The second kappa shape index (κ2) is 10.9. The fraction of sp³-hybridized carbons (Fsp3) is 0.625. The monoisotopic (exact) mass is 488 g/mol. The molecule has 0 aliphatic heterocycles. The fourth-order valence-electron chi connectivity index (χ4n) is 7.02. The Hall–Kier alpha value is -2.03. The van der Waals surface area contributed by atoms with Gasteiger partial charge in [-0.25, -0.2) is 0 Å². The number of fused-ring (bicyclic) bond motifs is 3. The summed E-state index contributed by atoms with van der Waals surface area (Å²) in [4.78, 5) is -0.323. The predicted octanol–water partition coefficient (Wildman–Crippen LogP) is 9.50. The summed E-state index contributed by atoms with van der Waals surface area (Å²) in [5.41, 5.74) is 4.81. The summed E-state index contributed by atoms with van der Waals surface area (Å²) in [5, 5.41) is 20.4. The van der Waals surface area contributed by atoms with E-state index in [2.05, 4.69) is 56.3 Å². The highest BCUT2D eigenvalue weighted by molar-refractivity contribution is 6.25. The first-order valence-electron chi connectivity index (χ1n) is 14.0. The molecule has 4 aliphatic rings. The quantitative estimate of drug-likeness (QED) is 0.243. The lowest BCUT2D eigenvalue weighted by atomic mass is 9.50. The van der Waals surface area contributed by atoms with E-state index in [0.29, 0.717) is 16.5 Å². The number of benzene rings is 1. The Kier molecular flexibility index (Phi) is 8.13. The van der Waals surface area contributed by atoms with Gasteiger partial charge in [-0.15, -0.1) is 11.6 Å². The van der Waals surface area contributed by atoms with E-state index in [9.17, 15) is 10.5 Å². The van der Waals surface area contributed by atoms with Crippen LogP contribution in [0.2, 0.25) is 0 Å². The molecule has 186 valence electrons. The molecule has 4 aliphatic carbocycles. The lowest BCUT2D eigenvalue weighted by molar-refractivity contribution is 0.0304. The second-order valence-electron chi connectivity index (χ2n) is 11.6. The molecule has 2 nitrogen and oxygen atoms in total. The van der Waals surface area contributed by atoms with Crippen LogP contribution in [0.3, 0.4) is 0 Å². The van der Waals surface area contributed by atoms with Crippen molar-refractivity contribution >= 4 is 17.2 Å². The Morgan fingerprint density at radius 3 is 2.00 bits per heavy atom. The van der Waals surface area contributed by atoms with E-state index in [1.807, 2.05) is 0 Å². The van der Waals surface area contributed by atoms with Crippen LogP contribution in [-0.2, 0) is 5.41 Å². The SMILES string of the molecule is CCCCCC1(Cl)C=CC(c2ccc(C34CCC(CCCCC)(CC3)CC4)c(C#N)c2C#N)=CC1. The number of hydrogen-bond acceptors (Lipinski definition) is 2. The van der Waals surface area contributed by atoms with Crippen molar-refractivity contribution in [1.29, 1.82) is 10.5 Å². The molecule has 2 bridgehead atoms. The Morgan fingerprint density at radius 1 is 0.829 bits per heavy atom. The van der Waals surface area contributed by atoms with Crippen LogP contribution in [0.15, 0.2) is 30.4 Å². The van der Waals surface area contributed by atoms with Crippen molar-refractivity contribution in [2.45, 2.75) is 120 Å². The number of hydrogen-bond donors (Lipinski definition) is 0. The summed E-state index contributed by atoms with van der Waals surface area (Å²) in [5.74, 6) is 0. The van der Waals surface area contributed by atoms with Gasteiger partial charge in [-0.3, -0.25) is 0 Å². The van der Waals surface area contributed by atoms with Gasteiger partial charge in [-0.2, -0.15) is 10.5 Å². The van der Waals surface area contributed by atoms with Gasteiger partial charge in [0.05, 0.1) is 16.0 Å². The van der Waals surface area contributed by atoms with Crippen LogP contribution in [0, 0.1) is 28.1 Å². The molecule has 0 saturated heterocycles. The molecule has 0 heterocycles. The van der Waals surface area contributed by atoms with E-state index in [4.69, 9.17) is 11.6 Å². The normalized spacial score (nSPS) is 29.5. The second-order valence-corrected chi connectivity index (χ2v) is 12.3. The third-order valence-electron chi connectivity index (χ3n) is 9.44. The molecule has 1 unspecified atom stereocenters. The molecule has 0 radical (unpaired) electrons. The van der Waals surface area contributed by atoms with Crippen LogP contribution in [0.5, 0.6) is 0 Å². The van der Waals surface area contributed by atoms with Gasteiger partial charge < -0.3 is 0 Å². The molecule has 0 spiro atoms. The molecule has 0 amide bonds. The highest BCUT2D eigenvalue weighted by atomic mass is 35.5. The lowest BCUT2D eigenvalue weighted by Crippen LogP contribution is -2.44. The number of rotatable bonds is 10. The molecule has 1 aromatic carbocycles. The number of nitrogens with zero attached hydrogens (tertiary/aromatic N) is 2. The number of unbranched alkanes of at least 4 members (excludes halogenated alkanes) is 4. The van der Waals surface area contributed by atoms with Crippen molar-refractivity contribution in [3.8, 4) is 12.1 Å². The largest absolute Gasteiger partial charge is 0.192 e. The lowest BCUT2D eigenvalue weighted by Gasteiger charge is -2.54. The Balaban J connectivity index is 1.57. The predicted molar refractivity (Wildman–Crippen MR) is 146 cm³/mol. The summed E-state index contributed by atoms with van der Waals surface area (Å²) < 4.78 is 0. The zero-order valence-electron chi connectivity index (χ0n) is 21.8. The minimum absolute atomic E-state index is 0.0725. The van der Waals surface area contributed by atoms with Gasteiger partial charge in [0.1, 0.15) is 12.1 Å². The Bertz CT molecular complexity index is 1040. The van der Waals surface area contributed by atoms with Gasteiger partial charge >= 0.3 is 0 Å². The topological polar surface area (TPSA) is 47.6 Å². The van der Waals surface area contributed by atoms with Crippen molar-refractivity contribution in [3.05, 3.63) is 52.6 Å². The molecule has 0 aromatic heterocycles. The van der Waals surface area contributed by atoms with E-state index < -0.39 is 0 Å². The smallest absolute Gasteiger partial charge is 0.101 e. The molecule has 1 aromatic rings. The van der Waals surface area contributed by atoms with Crippen molar-refractivity contribution in [3.63, 3.8) is 0 Å². The Labute approximate surface area is 218 Å². The van der Waals surface area contributed by atoms with Gasteiger partial charge in [0, 0.05) is 5.56 Å². The number of halogens is 1. The molecular formula is C32H41ClN2. The van der Waals surface area contributed by atoms with Crippen LogP contribution in [-0.4, -0.2) is 4.87 Å². The molecule has 5 rings (SSSR count). The number of alkyl halides is 1. The molecular weight excluding hydrogens is 448 g/mol. The molecule has 1 atom stereocenters. The summed E-state index contributed by atoms with van der Waals surface area (Å²) in [6.07, 6.45) is 24.2. The van der Waals surface area contributed by atoms with Crippen LogP contribution < -0.4 is 0 Å². The summed E-state index contributed by atoms with van der Waals surface area (Å²) in [7, 11) is 0. The highest BCUT2D eigenvalue weighted by Crippen LogP contribution is 2.60. The highest BCUT2D eigenvalue weighted by Gasteiger charge is 2.49. The van der Waals surface area contributed by atoms with Crippen molar-refractivity contribution < 1.29 is 0 Å².